The highest BCUT2D eigenvalue weighted by Gasteiger charge is 2.12. The number of anilines is 2. The molecule has 0 unspecified atom stereocenters. The SMILES string of the molecule is N#Cc1cc2c(Oc3ccc(NC(=O)Nc4nccs4)cc3)ccnc2cc1OCc1ccccc1. The van der Waals surface area contributed by atoms with Gasteiger partial charge >= 0.3 is 6.03 Å². The minimum absolute atomic E-state index is 0.347. The van der Waals surface area contributed by atoms with E-state index in [2.05, 4.69) is 26.7 Å². The van der Waals surface area contributed by atoms with Crippen molar-refractivity contribution in [3.05, 3.63) is 102 Å². The van der Waals surface area contributed by atoms with Crippen molar-refractivity contribution in [2.75, 3.05) is 10.6 Å². The van der Waals surface area contributed by atoms with Gasteiger partial charge in [-0.15, -0.1) is 11.3 Å². The van der Waals surface area contributed by atoms with Gasteiger partial charge in [0.25, 0.3) is 0 Å². The minimum atomic E-state index is -0.381. The molecule has 0 bridgehead atoms. The van der Waals surface area contributed by atoms with Crippen LogP contribution in [0.3, 0.4) is 0 Å². The number of fused-ring (bicyclic) bond motifs is 1. The number of benzene rings is 3. The Kier molecular flexibility index (Phi) is 6.69. The van der Waals surface area contributed by atoms with Gasteiger partial charge in [0.1, 0.15) is 29.9 Å². The first kappa shape index (κ1) is 22.8. The van der Waals surface area contributed by atoms with Crippen LogP contribution in [0.5, 0.6) is 17.2 Å². The summed E-state index contributed by atoms with van der Waals surface area (Å²) in [4.78, 5) is 20.5. The quantitative estimate of drug-likeness (QED) is 0.265. The average molecular weight is 494 g/mol. The number of aromatic nitrogens is 2. The topological polar surface area (TPSA) is 109 Å². The zero-order chi connectivity index (χ0) is 24.7. The lowest BCUT2D eigenvalue weighted by atomic mass is 10.1. The molecule has 8 nitrogen and oxygen atoms in total. The summed E-state index contributed by atoms with van der Waals surface area (Å²) in [5, 5.41) is 18.1. The molecule has 3 aromatic carbocycles. The number of hydrogen-bond acceptors (Lipinski definition) is 7. The van der Waals surface area contributed by atoms with Crippen molar-refractivity contribution in [2.24, 2.45) is 0 Å². The van der Waals surface area contributed by atoms with Crippen molar-refractivity contribution in [1.29, 1.82) is 5.26 Å². The molecule has 2 aromatic heterocycles. The molecule has 2 amide bonds. The average Bonchev–Trinajstić information content (AvgIpc) is 3.41. The Balaban J connectivity index is 1.31. The summed E-state index contributed by atoms with van der Waals surface area (Å²) in [5.74, 6) is 1.58. The smallest absolute Gasteiger partial charge is 0.325 e. The van der Waals surface area contributed by atoms with Gasteiger partial charge in [0.15, 0.2) is 5.13 Å². The molecular formula is C27H19N5O3S. The van der Waals surface area contributed by atoms with E-state index in [4.69, 9.17) is 9.47 Å². The predicted octanol–water partition coefficient (Wildman–Crippen LogP) is 6.58. The van der Waals surface area contributed by atoms with E-state index in [-0.39, 0.29) is 6.03 Å². The molecule has 0 aliphatic rings. The van der Waals surface area contributed by atoms with Crippen LogP contribution in [0, 0.1) is 11.3 Å². The molecule has 5 aromatic rings. The van der Waals surface area contributed by atoms with Crippen LogP contribution in [-0.2, 0) is 6.61 Å². The molecule has 0 atom stereocenters. The molecule has 0 radical (unpaired) electrons. The Morgan fingerprint density at radius 2 is 1.78 bits per heavy atom. The van der Waals surface area contributed by atoms with E-state index in [1.165, 1.54) is 11.3 Å². The summed E-state index contributed by atoms with van der Waals surface area (Å²) in [5.41, 5.74) is 2.64. The lowest BCUT2D eigenvalue weighted by Crippen LogP contribution is -2.19. The fourth-order valence-electron chi connectivity index (χ4n) is 3.46. The third kappa shape index (κ3) is 5.41. The first-order chi connectivity index (χ1) is 17.7. The number of nitrogens with zero attached hydrogens (tertiary/aromatic N) is 3. The molecular weight excluding hydrogens is 474 g/mol. The molecule has 36 heavy (non-hydrogen) atoms. The number of pyridine rings is 1. The van der Waals surface area contributed by atoms with E-state index in [1.54, 1.807) is 60.2 Å². The standard InChI is InChI=1S/C27H19N5O3S/c28-16-19-14-22-23(15-25(19)34-17-18-4-2-1-3-5-18)29-11-10-24(22)35-21-8-6-20(7-9-21)31-26(33)32-27-30-12-13-36-27/h1-15H,17H2,(H2,30,31,32,33). The van der Waals surface area contributed by atoms with Gasteiger partial charge in [-0.1, -0.05) is 30.3 Å². The van der Waals surface area contributed by atoms with E-state index in [0.29, 0.717) is 51.1 Å². The molecule has 176 valence electrons. The molecule has 0 saturated carbocycles. The van der Waals surface area contributed by atoms with Gasteiger partial charge in [0.2, 0.25) is 0 Å². The fraction of sp³-hybridized carbons (Fsp3) is 0.0370. The largest absolute Gasteiger partial charge is 0.487 e. The minimum Gasteiger partial charge on any atom is -0.487 e. The summed E-state index contributed by atoms with van der Waals surface area (Å²) in [6.07, 6.45) is 3.26. The van der Waals surface area contributed by atoms with Gasteiger partial charge in [0, 0.05) is 34.9 Å². The Morgan fingerprint density at radius 1 is 0.944 bits per heavy atom. The highest BCUT2D eigenvalue weighted by Crippen LogP contribution is 2.33. The molecule has 0 spiro atoms. The molecule has 0 fully saturated rings. The van der Waals surface area contributed by atoms with E-state index in [1.807, 2.05) is 30.3 Å². The number of thiazole rings is 1. The Bertz CT molecular complexity index is 1530. The number of nitriles is 1. The summed E-state index contributed by atoms with van der Waals surface area (Å²) < 4.78 is 12.0. The van der Waals surface area contributed by atoms with Crippen molar-refractivity contribution in [2.45, 2.75) is 6.61 Å². The lowest BCUT2D eigenvalue weighted by molar-refractivity contribution is 0.262. The second kappa shape index (κ2) is 10.5. The molecule has 0 saturated heterocycles. The molecule has 2 N–H and O–H groups in total. The zero-order valence-corrected chi connectivity index (χ0v) is 19.7. The third-order valence-corrected chi connectivity index (χ3v) is 5.84. The van der Waals surface area contributed by atoms with Gasteiger partial charge in [-0.05, 0) is 42.0 Å². The first-order valence-electron chi connectivity index (χ1n) is 10.9. The first-order valence-corrected chi connectivity index (χ1v) is 11.8. The highest BCUT2D eigenvalue weighted by atomic mass is 32.1. The van der Waals surface area contributed by atoms with Gasteiger partial charge in [-0.3, -0.25) is 10.3 Å². The monoisotopic (exact) mass is 493 g/mol. The van der Waals surface area contributed by atoms with Gasteiger partial charge in [-0.2, -0.15) is 5.26 Å². The predicted molar refractivity (Wildman–Crippen MR) is 139 cm³/mol. The van der Waals surface area contributed by atoms with Crippen LogP contribution in [0.1, 0.15) is 11.1 Å². The van der Waals surface area contributed by atoms with Gasteiger partial charge in [0.05, 0.1) is 11.1 Å². The summed E-state index contributed by atoms with van der Waals surface area (Å²) in [6.45, 7) is 0.347. The van der Waals surface area contributed by atoms with E-state index in [9.17, 15) is 10.1 Å². The number of urea groups is 1. The lowest BCUT2D eigenvalue weighted by Gasteiger charge is -2.12. The van der Waals surface area contributed by atoms with Crippen LogP contribution < -0.4 is 20.1 Å². The zero-order valence-electron chi connectivity index (χ0n) is 18.8. The molecule has 0 aliphatic carbocycles. The highest BCUT2D eigenvalue weighted by molar-refractivity contribution is 7.13. The van der Waals surface area contributed by atoms with Crippen LogP contribution >= 0.6 is 11.3 Å². The maximum absolute atomic E-state index is 12.1. The van der Waals surface area contributed by atoms with E-state index < -0.39 is 0 Å². The van der Waals surface area contributed by atoms with Crippen LogP contribution in [0.15, 0.2) is 90.6 Å². The molecule has 2 heterocycles. The number of hydrogen-bond donors (Lipinski definition) is 2. The number of rotatable bonds is 7. The maximum atomic E-state index is 12.1. The second-order valence-electron chi connectivity index (χ2n) is 7.60. The Hall–Kier alpha value is -4.94. The summed E-state index contributed by atoms with van der Waals surface area (Å²) >= 11 is 1.34. The van der Waals surface area contributed by atoms with Crippen LogP contribution in [-0.4, -0.2) is 16.0 Å². The summed E-state index contributed by atoms with van der Waals surface area (Å²) in [7, 11) is 0. The maximum Gasteiger partial charge on any atom is 0.325 e. The number of amides is 2. The molecule has 9 heteroatoms. The van der Waals surface area contributed by atoms with Crippen molar-refractivity contribution < 1.29 is 14.3 Å². The van der Waals surface area contributed by atoms with Crippen molar-refractivity contribution in [3.8, 4) is 23.3 Å². The number of carbonyl (C=O) groups is 1. The number of nitrogens with one attached hydrogen (secondary N) is 2. The Labute approximate surface area is 210 Å². The van der Waals surface area contributed by atoms with E-state index in [0.717, 1.165) is 5.56 Å². The van der Waals surface area contributed by atoms with Crippen LogP contribution in [0.2, 0.25) is 0 Å². The second-order valence-corrected chi connectivity index (χ2v) is 8.50. The van der Waals surface area contributed by atoms with Crippen molar-refractivity contribution in [3.63, 3.8) is 0 Å². The van der Waals surface area contributed by atoms with Gasteiger partial charge < -0.3 is 14.8 Å². The summed E-state index contributed by atoms with van der Waals surface area (Å²) in [6, 6.07) is 23.7. The third-order valence-electron chi connectivity index (χ3n) is 5.15. The van der Waals surface area contributed by atoms with Crippen LogP contribution in [0.25, 0.3) is 10.9 Å². The van der Waals surface area contributed by atoms with Crippen molar-refractivity contribution in [1.82, 2.24) is 9.97 Å². The fourth-order valence-corrected chi connectivity index (χ4v) is 3.98. The normalized spacial score (nSPS) is 10.4. The van der Waals surface area contributed by atoms with Crippen LogP contribution in [0.4, 0.5) is 15.6 Å². The molecule has 5 rings (SSSR count). The molecule has 0 aliphatic heterocycles. The Morgan fingerprint density at radius 3 is 2.53 bits per heavy atom. The number of ether oxygens (including phenoxy) is 2. The number of carbonyl (C=O) groups excluding carboxylic acids is 1. The van der Waals surface area contributed by atoms with Gasteiger partial charge in [-0.25, -0.2) is 9.78 Å². The van der Waals surface area contributed by atoms with Crippen molar-refractivity contribution >= 4 is 39.1 Å². The van der Waals surface area contributed by atoms with E-state index >= 15 is 0 Å².